The van der Waals surface area contributed by atoms with Crippen LogP contribution < -0.4 is 10.2 Å². The molecule has 4 aromatic rings. The van der Waals surface area contributed by atoms with Crippen LogP contribution >= 0.6 is 11.6 Å². The quantitative estimate of drug-likeness (QED) is 0.436. The first-order chi connectivity index (χ1) is 15.5. The van der Waals surface area contributed by atoms with Crippen molar-refractivity contribution in [3.63, 3.8) is 0 Å². The number of imidazole rings is 1. The summed E-state index contributed by atoms with van der Waals surface area (Å²) in [6.45, 7) is 1.56. The van der Waals surface area contributed by atoms with Gasteiger partial charge in [-0.1, -0.05) is 11.6 Å². The van der Waals surface area contributed by atoms with Crippen LogP contribution in [0.25, 0.3) is 33.7 Å². The molecule has 32 heavy (non-hydrogen) atoms. The summed E-state index contributed by atoms with van der Waals surface area (Å²) in [4.78, 5) is 29.8. The fourth-order valence-corrected chi connectivity index (χ4v) is 4.00. The molecule has 3 aromatic heterocycles. The van der Waals surface area contributed by atoms with Crippen molar-refractivity contribution >= 4 is 34.3 Å². The van der Waals surface area contributed by atoms with Crippen molar-refractivity contribution in [2.45, 2.75) is 6.04 Å². The van der Waals surface area contributed by atoms with Crippen LogP contribution in [0.15, 0.2) is 48.9 Å². The van der Waals surface area contributed by atoms with Gasteiger partial charge >= 0.3 is 5.97 Å². The van der Waals surface area contributed by atoms with E-state index < -0.39 is 17.8 Å². The first-order valence-electron chi connectivity index (χ1n) is 9.97. The number of aromatic amines is 1. The lowest BCUT2D eigenvalue weighted by Crippen LogP contribution is -2.54. The molecular weight excluding hydrogens is 435 g/mol. The Morgan fingerprint density at radius 3 is 2.91 bits per heavy atom. The molecule has 0 spiro atoms. The van der Waals surface area contributed by atoms with E-state index >= 15 is 0 Å². The Kier molecular flexibility index (Phi) is 5.20. The summed E-state index contributed by atoms with van der Waals surface area (Å²) in [5.74, 6) is -1.32. The van der Waals surface area contributed by atoms with Crippen LogP contribution in [0.5, 0.6) is 0 Å². The van der Waals surface area contributed by atoms with Crippen LogP contribution in [-0.4, -0.2) is 56.7 Å². The summed E-state index contributed by atoms with van der Waals surface area (Å²) in [6, 6.07) is 9.18. The van der Waals surface area contributed by atoms with Crippen LogP contribution in [0.2, 0.25) is 5.02 Å². The summed E-state index contributed by atoms with van der Waals surface area (Å²) in [7, 11) is 0. The third kappa shape index (κ3) is 3.76. The van der Waals surface area contributed by atoms with Gasteiger partial charge in [0, 0.05) is 30.2 Å². The number of aromatic nitrogens is 4. The van der Waals surface area contributed by atoms with E-state index in [2.05, 4.69) is 20.3 Å². The fraction of sp³-hybridized carbons (Fsp3) is 0.182. The molecule has 8 nitrogen and oxygen atoms in total. The maximum Gasteiger partial charge on any atom is 0.322 e. The lowest BCUT2D eigenvalue weighted by atomic mass is 10.1. The zero-order valence-corrected chi connectivity index (χ0v) is 17.5. The SMILES string of the molecule is O=C(O)C1CN(c2cnc3ccc(-c4[nH]cnc4-c4cc(Cl)ccc4F)nc3c2)CCN1. The number of carbonyl (C=O) groups is 1. The number of benzene rings is 1. The second-order valence-corrected chi connectivity index (χ2v) is 7.91. The molecule has 3 N–H and O–H groups in total. The largest absolute Gasteiger partial charge is 0.480 e. The number of rotatable bonds is 4. The first kappa shape index (κ1) is 20.3. The number of fused-ring (bicyclic) bond motifs is 1. The zero-order valence-electron chi connectivity index (χ0n) is 16.7. The number of aliphatic carboxylic acids is 1. The third-order valence-corrected chi connectivity index (χ3v) is 5.68. The number of piperazine rings is 1. The Morgan fingerprint density at radius 1 is 1.19 bits per heavy atom. The lowest BCUT2D eigenvalue weighted by molar-refractivity contribution is -0.139. The van der Waals surface area contributed by atoms with E-state index in [4.69, 9.17) is 16.6 Å². The number of anilines is 1. The van der Waals surface area contributed by atoms with Gasteiger partial charge in [0.25, 0.3) is 0 Å². The number of pyridine rings is 2. The molecule has 1 saturated heterocycles. The molecule has 0 radical (unpaired) electrons. The molecule has 1 aromatic carbocycles. The van der Waals surface area contributed by atoms with Gasteiger partial charge < -0.3 is 20.3 Å². The average Bonchev–Trinajstić information content (AvgIpc) is 3.29. The van der Waals surface area contributed by atoms with Crippen molar-refractivity contribution in [1.29, 1.82) is 0 Å². The highest BCUT2D eigenvalue weighted by molar-refractivity contribution is 6.30. The number of hydrogen-bond donors (Lipinski definition) is 3. The summed E-state index contributed by atoms with van der Waals surface area (Å²) in [5, 5.41) is 12.7. The van der Waals surface area contributed by atoms with Gasteiger partial charge in [-0.3, -0.25) is 9.78 Å². The van der Waals surface area contributed by atoms with Crippen molar-refractivity contribution in [3.05, 3.63) is 59.8 Å². The van der Waals surface area contributed by atoms with Gasteiger partial charge in [-0.2, -0.15) is 0 Å². The summed E-state index contributed by atoms with van der Waals surface area (Å²) >= 11 is 6.06. The molecule has 0 bridgehead atoms. The van der Waals surface area contributed by atoms with Crippen molar-refractivity contribution in [2.75, 3.05) is 24.5 Å². The van der Waals surface area contributed by atoms with E-state index in [9.17, 15) is 14.3 Å². The number of carboxylic acids is 1. The Hall–Kier alpha value is -3.56. The Balaban J connectivity index is 1.53. The number of nitrogens with zero attached hydrogens (tertiary/aromatic N) is 4. The highest BCUT2D eigenvalue weighted by Crippen LogP contribution is 2.32. The maximum atomic E-state index is 14.4. The number of H-pyrrole nitrogens is 1. The molecule has 5 rings (SSSR count). The molecule has 10 heteroatoms. The normalized spacial score (nSPS) is 16.4. The van der Waals surface area contributed by atoms with E-state index in [1.165, 1.54) is 24.5 Å². The van der Waals surface area contributed by atoms with Crippen molar-refractivity contribution in [3.8, 4) is 22.6 Å². The number of nitrogens with one attached hydrogen (secondary N) is 2. The highest BCUT2D eigenvalue weighted by Gasteiger charge is 2.25. The lowest BCUT2D eigenvalue weighted by Gasteiger charge is -2.33. The van der Waals surface area contributed by atoms with Gasteiger partial charge in [-0.15, -0.1) is 0 Å². The molecule has 1 aliphatic rings. The van der Waals surface area contributed by atoms with Gasteiger partial charge in [-0.05, 0) is 36.4 Å². The van der Waals surface area contributed by atoms with Crippen LogP contribution in [0.3, 0.4) is 0 Å². The molecule has 4 heterocycles. The Morgan fingerprint density at radius 2 is 2.06 bits per heavy atom. The molecule has 1 fully saturated rings. The zero-order chi connectivity index (χ0) is 22.2. The van der Waals surface area contributed by atoms with Crippen LogP contribution in [0, 0.1) is 5.82 Å². The summed E-state index contributed by atoms with van der Waals surface area (Å²) < 4.78 is 14.4. The van der Waals surface area contributed by atoms with Crippen molar-refractivity contribution in [1.82, 2.24) is 25.3 Å². The number of carboxylic acid groups (broad SMARTS) is 1. The molecule has 1 unspecified atom stereocenters. The summed E-state index contributed by atoms with van der Waals surface area (Å²) in [6.07, 6.45) is 3.20. The molecule has 1 aliphatic heterocycles. The second-order valence-electron chi connectivity index (χ2n) is 7.47. The van der Waals surface area contributed by atoms with E-state index in [0.29, 0.717) is 52.8 Å². The van der Waals surface area contributed by atoms with Gasteiger partial charge in [0.1, 0.15) is 17.6 Å². The first-order valence-corrected chi connectivity index (χ1v) is 10.3. The Bertz CT molecular complexity index is 1330. The minimum absolute atomic E-state index is 0.281. The standard InChI is InChI=1S/C22H18ClFN6O2/c23-12-1-2-15(24)14(7-12)20-21(28-11-27-20)17-4-3-16-18(29-17)8-13(9-26-16)30-6-5-25-19(10-30)22(31)32/h1-4,7-9,11,19,25H,5-6,10H2,(H,27,28)(H,31,32). The van der Waals surface area contributed by atoms with E-state index in [-0.39, 0.29) is 5.56 Å². The molecule has 162 valence electrons. The smallest absolute Gasteiger partial charge is 0.322 e. The van der Waals surface area contributed by atoms with Crippen LogP contribution in [-0.2, 0) is 4.79 Å². The monoisotopic (exact) mass is 452 g/mol. The van der Waals surface area contributed by atoms with Crippen molar-refractivity contribution in [2.24, 2.45) is 0 Å². The molecule has 1 atom stereocenters. The minimum Gasteiger partial charge on any atom is -0.480 e. The van der Waals surface area contributed by atoms with Gasteiger partial charge in [0.2, 0.25) is 0 Å². The van der Waals surface area contributed by atoms with E-state index in [1.54, 1.807) is 12.3 Å². The molecule has 0 aliphatic carbocycles. The predicted molar refractivity (Wildman–Crippen MR) is 119 cm³/mol. The molecule has 0 saturated carbocycles. The fourth-order valence-electron chi connectivity index (χ4n) is 3.83. The summed E-state index contributed by atoms with van der Waals surface area (Å²) in [5.41, 5.74) is 3.95. The third-order valence-electron chi connectivity index (χ3n) is 5.44. The topological polar surface area (TPSA) is 107 Å². The molecule has 0 amide bonds. The Labute approximate surface area is 187 Å². The maximum absolute atomic E-state index is 14.4. The van der Waals surface area contributed by atoms with E-state index in [1.807, 2.05) is 17.0 Å². The predicted octanol–water partition coefficient (Wildman–Crippen LogP) is 3.34. The van der Waals surface area contributed by atoms with Crippen LogP contribution in [0.1, 0.15) is 0 Å². The molecular formula is C22H18ClFN6O2. The van der Waals surface area contributed by atoms with Gasteiger partial charge in [0.05, 0.1) is 40.6 Å². The minimum atomic E-state index is -0.885. The second kappa shape index (κ2) is 8.18. The van der Waals surface area contributed by atoms with Gasteiger partial charge in [0.15, 0.2) is 0 Å². The number of halogens is 2. The van der Waals surface area contributed by atoms with Crippen molar-refractivity contribution < 1.29 is 14.3 Å². The van der Waals surface area contributed by atoms with E-state index in [0.717, 1.165) is 5.69 Å². The highest BCUT2D eigenvalue weighted by atomic mass is 35.5. The number of hydrogen-bond acceptors (Lipinski definition) is 6. The average molecular weight is 453 g/mol. The van der Waals surface area contributed by atoms with Gasteiger partial charge in [-0.25, -0.2) is 14.4 Å². The van der Waals surface area contributed by atoms with Crippen LogP contribution in [0.4, 0.5) is 10.1 Å².